The number of rotatable bonds is 4. The van der Waals surface area contributed by atoms with Crippen LogP contribution in [0.2, 0.25) is 0 Å². The Hall–Kier alpha value is -1.92. The molecule has 0 radical (unpaired) electrons. The summed E-state index contributed by atoms with van der Waals surface area (Å²) in [6, 6.07) is 7.18. The lowest BCUT2D eigenvalue weighted by atomic mass is 10.0. The molecule has 0 saturated carbocycles. The van der Waals surface area contributed by atoms with Crippen molar-refractivity contribution >= 4 is 11.9 Å². The van der Waals surface area contributed by atoms with Gasteiger partial charge < -0.3 is 14.7 Å². The lowest BCUT2D eigenvalue weighted by Crippen LogP contribution is -2.52. The Morgan fingerprint density at radius 1 is 1.20 bits per heavy atom. The van der Waals surface area contributed by atoms with E-state index in [0.29, 0.717) is 0 Å². The number of β-amino-alcohol motifs (C(OH)–C–C–N with tert-alkyl or cyclic N) is 1. The van der Waals surface area contributed by atoms with E-state index in [9.17, 15) is 14.7 Å². The van der Waals surface area contributed by atoms with Crippen LogP contribution in [0.1, 0.15) is 31.4 Å². The van der Waals surface area contributed by atoms with Crippen LogP contribution in [0, 0.1) is 5.92 Å². The Kier molecular flexibility index (Phi) is 5.11. The molecular weight excluding hydrogens is 320 g/mol. The van der Waals surface area contributed by atoms with Gasteiger partial charge in [-0.3, -0.25) is 9.69 Å². The first-order valence-corrected chi connectivity index (χ1v) is 8.79. The highest BCUT2D eigenvalue weighted by atomic mass is 16.5. The molecule has 3 atom stereocenters. The molecule has 2 aliphatic heterocycles. The molecule has 1 amide bonds. The molecule has 6 heteroatoms. The SMILES string of the molecule is COC(=O)[C@@H]1C[C@@H](O)CN1C(=O)[C@H](C(C)C)N1Cc2ccccc2C1. The van der Waals surface area contributed by atoms with Gasteiger partial charge in [0.25, 0.3) is 0 Å². The Bertz CT molecular complexity index is 636. The fourth-order valence-corrected chi connectivity index (χ4v) is 4.01. The minimum atomic E-state index is -0.696. The van der Waals surface area contributed by atoms with Gasteiger partial charge in [-0.05, 0) is 17.0 Å². The molecule has 2 aliphatic rings. The van der Waals surface area contributed by atoms with Crippen molar-refractivity contribution in [1.82, 2.24) is 9.80 Å². The number of methoxy groups -OCH3 is 1. The number of ether oxygens (including phenoxy) is 1. The number of hydrogen-bond acceptors (Lipinski definition) is 5. The van der Waals surface area contributed by atoms with E-state index in [4.69, 9.17) is 4.74 Å². The molecule has 0 bridgehead atoms. The number of aliphatic hydroxyl groups is 1. The quantitative estimate of drug-likeness (QED) is 0.829. The Morgan fingerprint density at radius 2 is 1.80 bits per heavy atom. The van der Waals surface area contributed by atoms with Crippen molar-refractivity contribution in [3.05, 3.63) is 35.4 Å². The summed E-state index contributed by atoms with van der Waals surface area (Å²) in [5.41, 5.74) is 2.49. The summed E-state index contributed by atoms with van der Waals surface area (Å²) >= 11 is 0. The lowest BCUT2D eigenvalue weighted by Gasteiger charge is -2.34. The number of benzene rings is 1. The van der Waals surface area contributed by atoms with Crippen molar-refractivity contribution in [1.29, 1.82) is 0 Å². The number of aliphatic hydroxyl groups excluding tert-OH is 1. The number of amides is 1. The second-order valence-electron chi connectivity index (χ2n) is 7.28. The zero-order valence-electron chi connectivity index (χ0n) is 15.0. The molecule has 0 aliphatic carbocycles. The van der Waals surface area contributed by atoms with Crippen molar-refractivity contribution < 1.29 is 19.4 Å². The largest absolute Gasteiger partial charge is 0.467 e. The van der Waals surface area contributed by atoms with Crippen LogP contribution >= 0.6 is 0 Å². The molecule has 1 N–H and O–H groups in total. The maximum atomic E-state index is 13.3. The minimum absolute atomic E-state index is 0.0952. The van der Waals surface area contributed by atoms with Crippen molar-refractivity contribution in [2.24, 2.45) is 5.92 Å². The predicted octanol–water partition coefficient (Wildman–Crippen LogP) is 1.16. The van der Waals surface area contributed by atoms with Gasteiger partial charge in [-0.1, -0.05) is 38.1 Å². The van der Waals surface area contributed by atoms with E-state index in [1.54, 1.807) is 0 Å². The van der Waals surface area contributed by atoms with Gasteiger partial charge in [0, 0.05) is 26.1 Å². The van der Waals surface area contributed by atoms with Gasteiger partial charge >= 0.3 is 5.97 Å². The van der Waals surface area contributed by atoms with Gasteiger partial charge in [0.15, 0.2) is 0 Å². The first-order valence-electron chi connectivity index (χ1n) is 8.79. The van der Waals surface area contributed by atoms with Crippen LogP contribution in [0.15, 0.2) is 24.3 Å². The fraction of sp³-hybridized carbons (Fsp3) is 0.579. The number of carbonyl (C=O) groups is 2. The van der Waals surface area contributed by atoms with E-state index < -0.39 is 18.1 Å². The molecule has 3 rings (SSSR count). The van der Waals surface area contributed by atoms with E-state index >= 15 is 0 Å². The van der Waals surface area contributed by atoms with Crippen LogP contribution in [0.25, 0.3) is 0 Å². The molecule has 0 aromatic heterocycles. The Labute approximate surface area is 148 Å². The van der Waals surface area contributed by atoms with E-state index in [1.165, 1.54) is 23.1 Å². The van der Waals surface area contributed by atoms with Crippen LogP contribution in [0.3, 0.4) is 0 Å². The summed E-state index contributed by atoms with van der Waals surface area (Å²) in [6.07, 6.45) is -0.444. The zero-order valence-corrected chi connectivity index (χ0v) is 15.0. The molecule has 0 unspecified atom stereocenters. The first-order chi connectivity index (χ1) is 11.9. The summed E-state index contributed by atoms with van der Waals surface area (Å²) in [7, 11) is 1.31. The van der Waals surface area contributed by atoms with E-state index in [1.807, 2.05) is 26.0 Å². The second kappa shape index (κ2) is 7.14. The topological polar surface area (TPSA) is 70.1 Å². The summed E-state index contributed by atoms with van der Waals surface area (Å²) < 4.78 is 4.82. The van der Waals surface area contributed by atoms with E-state index in [-0.39, 0.29) is 30.8 Å². The second-order valence-corrected chi connectivity index (χ2v) is 7.28. The number of esters is 1. The molecule has 136 valence electrons. The third-order valence-corrected chi connectivity index (χ3v) is 5.18. The van der Waals surface area contributed by atoms with Crippen LogP contribution in [0.5, 0.6) is 0 Å². The van der Waals surface area contributed by atoms with Gasteiger partial charge in [-0.2, -0.15) is 0 Å². The molecule has 1 fully saturated rings. The summed E-state index contributed by atoms with van der Waals surface area (Å²) in [5.74, 6) is -0.468. The lowest BCUT2D eigenvalue weighted by molar-refractivity contribution is -0.153. The van der Waals surface area contributed by atoms with E-state index in [2.05, 4.69) is 17.0 Å². The highest BCUT2D eigenvalue weighted by Crippen LogP contribution is 2.30. The smallest absolute Gasteiger partial charge is 0.328 e. The Balaban J connectivity index is 1.81. The molecule has 25 heavy (non-hydrogen) atoms. The number of nitrogens with zero attached hydrogens (tertiary/aromatic N) is 2. The third kappa shape index (κ3) is 3.41. The van der Waals surface area contributed by atoms with Gasteiger partial charge in [-0.15, -0.1) is 0 Å². The highest BCUT2D eigenvalue weighted by molar-refractivity contribution is 5.88. The van der Waals surface area contributed by atoms with Crippen LogP contribution in [-0.4, -0.2) is 58.6 Å². The van der Waals surface area contributed by atoms with Gasteiger partial charge in [0.2, 0.25) is 5.91 Å². The summed E-state index contributed by atoms with van der Waals surface area (Å²) in [6.45, 7) is 5.67. The average molecular weight is 346 g/mol. The normalized spacial score (nSPS) is 24.4. The molecule has 2 heterocycles. The number of carbonyl (C=O) groups excluding carboxylic acids is 2. The highest BCUT2D eigenvalue weighted by Gasteiger charge is 2.44. The zero-order chi connectivity index (χ0) is 18.1. The first kappa shape index (κ1) is 17.9. The van der Waals surface area contributed by atoms with Crippen molar-refractivity contribution in [3.8, 4) is 0 Å². The van der Waals surface area contributed by atoms with Gasteiger partial charge in [0.1, 0.15) is 6.04 Å². The third-order valence-electron chi connectivity index (χ3n) is 5.18. The standard InChI is InChI=1S/C19H26N2O4/c1-12(2)17(20-9-13-6-4-5-7-14(13)10-20)18(23)21-11-15(22)8-16(21)19(24)25-3/h4-7,12,15-17,22H,8-11H2,1-3H3/t15-,16+,17+/m1/s1. The van der Waals surface area contributed by atoms with Crippen LogP contribution in [-0.2, 0) is 27.4 Å². The van der Waals surface area contributed by atoms with E-state index in [0.717, 1.165) is 13.1 Å². The molecule has 0 spiro atoms. The van der Waals surface area contributed by atoms with Crippen LogP contribution < -0.4 is 0 Å². The van der Waals surface area contributed by atoms with Crippen molar-refractivity contribution in [2.45, 2.75) is 51.5 Å². The average Bonchev–Trinajstić information content (AvgIpc) is 3.17. The maximum absolute atomic E-state index is 13.3. The number of likely N-dealkylation sites (tertiary alicyclic amines) is 1. The number of fused-ring (bicyclic) bond motifs is 1. The summed E-state index contributed by atoms with van der Waals surface area (Å²) in [5, 5.41) is 9.98. The minimum Gasteiger partial charge on any atom is -0.467 e. The molecular formula is C19H26N2O4. The predicted molar refractivity (Wildman–Crippen MR) is 92.5 cm³/mol. The maximum Gasteiger partial charge on any atom is 0.328 e. The van der Waals surface area contributed by atoms with Gasteiger partial charge in [0.05, 0.1) is 19.3 Å². The monoisotopic (exact) mass is 346 g/mol. The van der Waals surface area contributed by atoms with Gasteiger partial charge in [-0.25, -0.2) is 4.79 Å². The molecule has 1 aromatic rings. The van der Waals surface area contributed by atoms with Crippen molar-refractivity contribution in [2.75, 3.05) is 13.7 Å². The summed E-state index contributed by atoms with van der Waals surface area (Å²) in [4.78, 5) is 29.0. The fourth-order valence-electron chi connectivity index (χ4n) is 4.01. The molecule has 1 aromatic carbocycles. The van der Waals surface area contributed by atoms with Crippen molar-refractivity contribution in [3.63, 3.8) is 0 Å². The number of hydrogen-bond donors (Lipinski definition) is 1. The molecule has 6 nitrogen and oxygen atoms in total. The molecule has 1 saturated heterocycles. The Morgan fingerprint density at radius 3 is 2.32 bits per heavy atom. The van der Waals surface area contributed by atoms with Crippen LogP contribution in [0.4, 0.5) is 0 Å².